The summed E-state index contributed by atoms with van der Waals surface area (Å²) in [6.45, 7) is 5.00. The van der Waals surface area contributed by atoms with Gasteiger partial charge in [0.2, 0.25) is 0 Å². The molecular weight excluding hydrogens is 302 g/mol. The van der Waals surface area contributed by atoms with Crippen LogP contribution in [0, 0.1) is 13.8 Å². The number of ether oxygens (including phenoxy) is 1. The minimum atomic E-state index is 0.777. The fraction of sp³-hybridized carbons (Fsp3) is 0.250. The molecule has 0 heterocycles. The third-order valence-corrected chi connectivity index (χ3v) is 3.66. The molecule has 0 saturated carbocycles. The average Bonchev–Trinajstić information content (AvgIpc) is 2.37. The van der Waals surface area contributed by atoms with Gasteiger partial charge in [0.25, 0.3) is 0 Å². The van der Waals surface area contributed by atoms with Crippen molar-refractivity contribution in [2.24, 2.45) is 0 Å². The Labute approximate surface area is 122 Å². The van der Waals surface area contributed by atoms with E-state index >= 15 is 0 Å². The van der Waals surface area contributed by atoms with E-state index in [1.54, 1.807) is 7.11 Å². The van der Waals surface area contributed by atoms with Gasteiger partial charge in [-0.3, -0.25) is 0 Å². The van der Waals surface area contributed by atoms with Crippen molar-refractivity contribution in [1.29, 1.82) is 0 Å². The fourth-order valence-corrected chi connectivity index (χ4v) is 2.93. The molecule has 0 atom stereocenters. The lowest BCUT2D eigenvalue weighted by atomic mass is 10.1. The van der Waals surface area contributed by atoms with Gasteiger partial charge in [0.05, 0.1) is 12.8 Å². The number of aryl methyl sites for hydroxylation is 2. The van der Waals surface area contributed by atoms with Gasteiger partial charge in [-0.05, 0) is 64.7 Å². The van der Waals surface area contributed by atoms with Crippen molar-refractivity contribution in [1.82, 2.24) is 0 Å². The van der Waals surface area contributed by atoms with E-state index < -0.39 is 0 Å². The van der Waals surface area contributed by atoms with Crippen molar-refractivity contribution in [2.45, 2.75) is 20.4 Å². The van der Waals surface area contributed by atoms with Crippen LogP contribution in [-0.4, -0.2) is 7.11 Å². The summed E-state index contributed by atoms with van der Waals surface area (Å²) in [5.41, 5.74) is 4.85. The molecule has 1 N–H and O–H groups in total. The van der Waals surface area contributed by atoms with Gasteiger partial charge in [0, 0.05) is 11.0 Å². The maximum Gasteiger partial charge on any atom is 0.119 e. The number of rotatable bonds is 4. The lowest BCUT2D eigenvalue weighted by molar-refractivity contribution is 0.414. The van der Waals surface area contributed by atoms with Gasteiger partial charge in [-0.1, -0.05) is 18.2 Å². The normalized spacial score (nSPS) is 10.3. The van der Waals surface area contributed by atoms with E-state index in [0.29, 0.717) is 0 Å². The average molecular weight is 320 g/mol. The molecule has 2 aromatic rings. The largest absolute Gasteiger partial charge is 0.497 e. The zero-order chi connectivity index (χ0) is 13.8. The number of methoxy groups -OCH3 is 1. The molecule has 0 saturated heterocycles. The molecule has 2 aromatic carbocycles. The first-order valence-corrected chi connectivity index (χ1v) is 7.03. The van der Waals surface area contributed by atoms with E-state index in [0.717, 1.165) is 22.5 Å². The van der Waals surface area contributed by atoms with E-state index in [-0.39, 0.29) is 0 Å². The molecule has 3 heteroatoms. The highest BCUT2D eigenvalue weighted by atomic mass is 79.9. The number of halogens is 1. The van der Waals surface area contributed by atoms with Crippen LogP contribution in [0.4, 0.5) is 5.69 Å². The van der Waals surface area contributed by atoms with Gasteiger partial charge in [-0.2, -0.15) is 0 Å². The van der Waals surface area contributed by atoms with Gasteiger partial charge >= 0.3 is 0 Å². The Hall–Kier alpha value is -1.48. The molecule has 0 aliphatic carbocycles. The topological polar surface area (TPSA) is 21.3 Å². The number of hydrogen-bond acceptors (Lipinski definition) is 2. The first kappa shape index (κ1) is 13.9. The molecule has 0 radical (unpaired) electrons. The Morgan fingerprint density at radius 2 is 1.95 bits per heavy atom. The minimum Gasteiger partial charge on any atom is -0.497 e. The zero-order valence-corrected chi connectivity index (χ0v) is 13.0. The number of nitrogens with one attached hydrogen (secondary N) is 1. The van der Waals surface area contributed by atoms with E-state index in [4.69, 9.17) is 4.74 Å². The zero-order valence-electron chi connectivity index (χ0n) is 11.5. The van der Waals surface area contributed by atoms with E-state index in [1.165, 1.54) is 16.7 Å². The van der Waals surface area contributed by atoms with Crippen LogP contribution in [0.1, 0.15) is 16.7 Å². The predicted molar refractivity (Wildman–Crippen MR) is 83.9 cm³/mol. The molecule has 0 fully saturated rings. The van der Waals surface area contributed by atoms with Crippen molar-refractivity contribution in [2.75, 3.05) is 12.4 Å². The molecule has 2 nitrogen and oxygen atoms in total. The van der Waals surface area contributed by atoms with Crippen LogP contribution in [0.25, 0.3) is 0 Å². The maximum atomic E-state index is 5.23. The van der Waals surface area contributed by atoms with Crippen LogP contribution in [0.15, 0.2) is 40.9 Å². The lowest BCUT2D eigenvalue weighted by Gasteiger charge is -2.13. The second-order valence-corrected chi connectivity index (χ2v) is 5.50. The van der Waals surface area contributed by atoms with E-state index in [9.17, 15) is 0 Å². The standard InChI is InChI=1S/C16H18BrNO/c1-11-7-12(2)16(15(17)8-11)18-10-13-5-4-6-14(9-13)19-3/h4-9,18H,10H2,1-3H3. The summed E-state index contributed by atoms with van der Waals surface area (Å²) in [5.74, 6) is 0.888. The van der Waals surface area contributed by atoms with E-state index in [1.807, 2.05) is 18.2 Å². The van der Waals surface area contributed by atoms with Crippen LogP contribution in [0.3, 0.4) is 0 Å². The Bertz CT molecular complexity index is 558. The molecule has 0 amide bonds. The van der Waals surface area contributed by atoms with Gasteiger partial charge < -0.3 is 10.1 Å². The Morgan fingerprint density at radius 3 is 2.63 bits per heavy atom. The Balaban J connectivity index is 2.14. The summed E-state index contributed by atoms with van der Waals surface area (Å²) in [5, 5.41) is 3.47. The van der Waals surface area contributed by atoms with Crippen molar-refractivity contribution in [3.05, 3.63) is 57.6 Å². The molecule has 0 bridgehead atoms. The van der Waals surface area contributed by atoms with Crippen molar-refractivity contribution in [3.8, 4) is 5.75 Å². The van der Waals surface area contributed by atoms with E-state index in [2.05, 4.69) is 53.3 Å². The first-order chi connectivity index (χ1) is 9.10. The van der Waals surface area contributed by atoms with Crippen LogP contribution in [0.5, 0.6) is 5.75 Å². The van der Waals surface area contributed by atoms with Crippen LogP contribution in [-0.2, 0) is 6.54 Å². The van der Waals surface area contributed by atoms with Gasteiger partial charge in [0.15, 0.2) is 0 Å². The van der Waals surface area contributed by atoms with Crippen LogP contribution < -0.4 is 10.1 Å². The number of anilines is 1. The predicted octanol–water partition coefficient (Wildman–Crippen LogP) is 4.69. The second kappa shape index (κ2) is 6.11. The molecule has 0 aliphatic heterocycles. The molecule has 19 heavy (non-hydrogen) atoms. The minimum absolute atomic E-state index is 0.777. The van der Waals surface area contributed by atoms with Crippen molar-refractivity contribution in [3.63, 3.8) is 0 Å². The quantitative estimate of drug-likeness (QED) is 0.883. The smallest absolute Gasteiger partial charge is 0.119 e. The summed E-state index contributed by atoms with van der Waals surface area (Å²) in [7, 11) is 1.69. The van der Waals surface area contributed by atoms with Crippen LogP contribution in [0.2, 0.25) is 0 Å². The highest BCUT2D eigenvalue weighted by Gasteiger charge is 2.05. The molecule has 2 rings (SSSR count). The summed E-state index contributed by atoms with van der Waals surface area (Å²) in [6, 6.07) is 12.4. The molecular formula is C16H18BrNO. The molecule has 100 valence electrons. The Morgan fingerprint density at radius 1 is 1.16 bits per heavy atom. The SMILES string of the molecule is COc1cccc(CNc2c(C)cc(C)cc2Br)c1. The third kappa shape index (κ3) is 3.51. The molecule has 0 aromatic heterocycles. The fourth-order valence-electron chi connectivity index (χ4n) is 2.11. The molecule has 0 unspecified atom stereocenters. The highest BCUT2D eigenvalue weighted by molar-refractivity contribution is 9.10. The summed E-state index contributed by atoms with van der Waals surface area (Å²) >= 11 is 3.61. The summed E-state index contributed by atoms with van der Waals surface area (Å²) in [4.78, 5) is 0. The number of benzene rings is 2. The van der Waals surface area contributed by atoms with Gasteiger partial charge in [-0.25, -0.2) is 0 Å². The first-order valence-electron chi connectivity index (χ1n) is 6.23. The summed E-state index contributed by atoms with van der Waals surface area (Å²) in [6.07, 6.45) is 0. The van der Waals surface area contributed by atoms with Crippen LogP contribution >= 0.6 is 15.9 Å². The third-order valence-electron chi connectivity index (χ3n) is 3.04. The number of hydrogen-bond donors (Lipinski definition) is 1. The maximum absolute atomic E-state index is 5.23. The highest BCUT2D eigenvalue weighted by Crippen LogP contribution is 2.28. The molecule has 0 aliphatic rings. The van der Waals surface area contributed by atoms with Gasteiger partial charge in [-0.15, -0.1) is 0 Å². The Kier molecular flexibility index (Phi) is 4.48. The molecule has 0 spiro atoms. The monoisotopic (exact) mass is 319 g/mol. The van der Waals surface area contributed by atoms with Crippen molar-refractivity contribution >= 4 is 21.6 Å². The second-order valence-electron chi connectivity index (χ2n) is 4.64. The summed E-state index contributed by atoms with van der Waals surface area (Å²) < 4.78 is 6.34. The van der Waals surface area contributed by atoms with Gasteiger partial charge in [0.1, 0.15) is 5.75 Å². The lowest BCUT2D eigenvalue weighted by Crippen LogP contribution is -2.02. The van der Waals surface area contributed by atoms with Crippen molar-refractivity contribution < 1.29 is 4.74 Å².